The largest absolute Gasteiger partial charge is 0.461 e. The number of esters is 1. The van der Waals surface area contributed by atoms with Crippen molar-refractivity contribution in [2.75, 3.05) is 6.61 Å². The highest BCUT2D eigenvalue weighted by molar-refractivity contribution is 5.73. The van der Waals surface area contributed by atoms with Gasteiger partial charge in [0.25, 0.3) is 0 Å². The van der Waals surface area contributed by atoms with Crippen LogP contribution in [0.1, 0.15) is 27.2 Å². The Hall–Kier alpha value is -0.830. The first kappa shape index (κ1) is 12.2. The van der Waals surface area contributed by atoms with E-state index in [0.717, 1.165) is 6.42 Å². The standard InChI is InChI=1S/C12H20O3/c1-8(5-4-6-13)11-9(2)7-10(3)12(14)15-11/h4-5,8-11,13H,6-7H2,1-3H3/b5-4+/t8-,9-,10+,11+/m0/s1. The fourth-order valence-electron chi connectivity index (χ4n) is 2.17. The molecule has 1 aliphatic heterocycles. The second-order valence-electron chi connectivity index (χ2n) is 4.49. The molecule has 3 nitrogen and oxygen atoms in total. The molecule has 0 aromatic carbocycles. The molecule has 1 heterocycles. The van der Waals surface area contributed by atoms with Crippen molar-refractivity contribution in [3.63, 3.8) is 0 Å². The number of rotatable bonds is 3. The molecule has 0 saturated carbocycles. The highest BCUT2D eigenvalue weighted by atomic mass is 16.5. The first-order valence-corrected chi connectivity index (χ1v) is 5.54. The molecule has 1 N–H and O–H groups in total. The van der Waals surface area contributed by atoms with Gasteiger partial charge in [0.05, 0.1) is 12.5 Å². The number of cyclic esters (lactones) is 1. The molecule has 0 radical (unpaired) electrons. The van der Waals surface area contributed by atoms with E-state index in [-0.39, 0.29) is 30.5 Å². The van der Waals surface area contributed by atoms with Gasteiger partial charge in [0.15, 0.2) is 0 Å². The monoisotopic (exact) mass is 212 g/mol. The Labute approximate surface area is 91.1 Å². The summed E-state index contributed by atoms with van der Waals surface area (Å²) in [5.41, 5.74) is 0. The Morgan fingerprint density at radius 2 is 2.27 bits per heavy atom. The van der Waals surface area contributed by atoms with Gasteiger partial charge in [-0.1, -0.05) is 32.9 Å². The molecule has 1 fully saturated rings. The van der Waals surface area contributed by atoms with E-state index < -0.39 is 0 Å². The van der Waals surface area contributed by atoms with E-state index in [2.05, 4.69) is 6.92 Å². The van der Waals surface area contributed by atoms with Crippen LogP contribution in [0.15, 0.2) is 12.2 Å². The number of carbonyl (C=O) groups excluding carboxylic acids is 1. The first-order valence-electron chi connectivity index (χ1n) is 5.54. The minimum Gasteiger partial charge on any atom is -0.461 e. The van der Waals surface area contributed by atoms with E-state index in [4.69, 9.17) is 9.84 Å². The molecule has 3 heteroatoms. The quantitative estimate of drug-likeness (QED) is 0.572. The van der Waals surface area contributed by atoms with Crippen LogP contribution in [0.3, 0.4) is 0 Å². The molecule has 0 amide bonds. The molecule has 0 spiro atoms. The molecule has 0 aromatic rings. The van der Waals surface area contributed by atoms with Crippen LogP contribution in [-0.2, 0) is 9.53 Å². The minimum absolute atomic E-state index is 0.0188. The molecule has 1 rings (SSSR count). The molecule has 4 atom stereocenters. The molecule has 1 aliphatic rings. The maximum atomic E-state index is 11.4. The summed E-state index contributed by atoms with van der Waals surface area (Å²) >= 11 is 0. The van der Waals surface area contributed by atoms with Crippen LogP contribution < -0.4 is 0 Å². The SMILES string of the molecule is C[C@@H]1C[C@H](C)[C@@H]([C@@H](C)/C=C/CO)OC1=O. The van der Waals surface area contributed by atoms with Crippen molar-refractivity contribution in [2.45, 2.75) is 33.3 Å². The van der Waals surface area contributed by atoms with Gasteiger partial charge in [-0.2, -0.15) is 0 Å². The highest BCUT2D eigenvalue weighted by Gasteiger charge is 2.34. The molecule has 1 saturated heterocycles. The van der Waals surface area contributed by atoms with Gasteiger partial charge in [-0.05, 0) is 12.3 Å². The summed E-state index contributed by atoms with van der Waals surface area (Å²) in [5.74, 6) is 0.479. The van der Waals surface area contributed by atoms with Gasteiger partial charge in [-0.15, -0.1) is 0 Å². The van der Waals surface area contributed by atoms with E-state index in [1.165, 1.54) is 0 Å². The van der Waals surface area contributed by atoms with Gasteiger partial charge in [-0.25, -0.2) is 0 Å². The molecule has 86 valence electrons. The Kier molecular flexibility index (Phi) is 4.33. The van der Waals surface area contributed by atoms with Gasteiger partial charge in [0.1, 0.15) is 6.10 Å². The number of aliphatic hydroxyl groups excluding tert-OH is 1. The van der Waals surface area contributed by atoms with Gasteiger partial charge in [0.2, 0.25) is 0 Å². The summed E-state index contributed by atoms with van der Waals surface area (Å²) in [6.07, 6.45) is 4.45. The van der Waals surface area contributed by atoms with Crippen molar-refractivity contribution < 1.29 is 14.6 Å². The lowest BCUT2D eigenvalue weighted by Gasteiger charge is -2.34. The molecule has 0 bridgehead atoms. The fraction of sp³-hybridized carbons (Fsp3) is 0.750. The van der Waals surface area contributed by atoms with Crippen LogP contribution in [-0.4, -0.2) is 23.8 Å². The topological polar surface area (TPSA) is 46.5 Å². The second kappa shape index (κ2) is 5.31. The number of hydrogen-bond acceptors (Lipinski definition) is 3. The summed E-state index contributed by atoms with van der Waals surface area (Å²) < 4.78 is 5.40. The van der Waals surface area contributed by atoms with Gasteiger partial charge in [-0.3, -0.25) is 4.79 Å². The third-order valence-corrected chi connectivity index (χ3v) is 3.00. The zero-order valence-electron chi connectivity index (χ0n) is 9.64. The number of hydrogen-bond donors (Lipinski definition) is 1. The van der Waals surface area contributed by atoms with Crippen LogP contribution >= 0.6 is 0 Å². The fourth-order valence-corrected chi connectivity index (χ4v) is 2.17. The second-order valence-corrected chi connectivity index (χ2v) is 4.49. The van der Waals surface area contributed by atoms with E-state index in [1.54, 1.807) is 6.08 Å². The molecule has 0 aliphatic carbocycles. The van der Waals surface area contributed by atoms with E-state index >= 15 is 0 Å². The third-order valence-electron chi connectivity index (χ3n) is 3.00. The molecular formula is C12H20O3. The molecule has 0 unspecified atom stereocenters. The molecule has 0 aromatic heterocycles. The van der Waals surface area contributed by atoms with Crippen molar-refractivity contribution >= 4 is 5.97 Å². The van der Waals surface area contributed by atoms with Crippen LogP contribution in [0.4, 0.5) is 0 Å². The van der Waals surface area contributed by atoms with Crippen LogP contribution in [0, 0.1) is 17.8 Å². The van der Waals surface area contributed by atoms with E-state index in [0.29, 0.717) is 5.92 Å². The summed E-state index contributed by atoms with van der Waals surface area (Å²) in [6, 6.07) is 0. The highest BCUT2D eigenvalue weighted by Crippen LogP contribution is 2.30. The van der Waals surface area contributed by atoms with Crippen molar-refractivity contribution in [3.05, 3.63) is 12.2 Å². The Balaban J connectivity index is 2.61. The van der Waals surface area contributed by atoms with Crippen LogP contribution in [0.5, 0.6) is 0 Å². The average Bonchev–Trinajstić information content (AvgIpc) is 2.20. The predicted octanol–water partition coefficient (Wildman–Crippen LogP) is 1.76. The normalized spacial score (nSPS) is 34.1. The summed E-state index contributed by atoms with van der Waals surface area (Å²) in [7, 11) is 0. The first-order chi connectivity index (χ1) is 7.06. The smallest absolute Gasteiger partial charge is 0.308 e. The van der Waals surface area contributed by atoms with Gasteiger partial charge < -0.3 is 9.84 Å². The summed E-state index contributed by atoms with van der Waals surface area (Å²) in [6.45, 7) is 6.06. The zero-order valence-corrected chi connectivity index (χ0v) is 9.64. The van der Waals surface area contributed by atoms with Crippen LogP contribution in [0.2, 0.25) is 0 Å². The lowest BCUT2D eigenvalue weighted by molar-refractivity contribution is -0.166. The van der Waals surface area contributed by atoms with Crippen molar-refractivity contribution in [1.29, 1.82) is 0 Å². The Morgan fingerprint density at radius 3 is 2.87 bits per heavy atom. The van der Waals surface area contributed by atoms with E-state index in [1.807, 2.05) is 19.9 Å². The van der Waals surface area contributed by atoms with Crippen molar-refractivity contribution in [1.82, 2.24) is 0 Å². The Morgan fingerprint density at radius 1 is 1.60 bits per heavy atom. The number of aliphatic hydroxyl groups is 1. The number of ether oxygens (including phenoxy) is 1. The zero-order chi connectivity index (χ0) is 11.4. The number of carbonyl (C=O) groups is 1. The summed E-state index contributed by atoms with van der Waals surface area (Å²) in [5, 5.41) is 8.68. The lowest BCUT2D eigenvalue weighted by atomic mass is 9.84. The molecule has 15 heavy (non-hydrogen) atoms. The predicted molar refractivity (Wildman–Crippen MR) is 58.2 cm³/mol. The maximum Gasteiger partial charge on any atom is 0.308 e. The Bertz CT molecular complexity index is 247. The van der Waals surface area contributed by atoms with Crippen molar-refractivity contribution in [3.8, 4) is 0 Å². The van der Waals surface area contributed by atoms with Crippen LogP contribution in [0.25, 0.3) is 0 Å². The lowest BCUT2D eigenvalue weighted by Crippen LogP contribution is -2.39. The van der Waals surface area contributed by atoms with Gasteiger partial charge >= 0.3 is 5.97 Å². The molecular weight excluding hydrogens is 192 g/mol. The van der Waals surface area contributed by atoms with Gasteiger partial charge in [0, 0.05) is 5.92 Å². The minimum atomic E-state index is -0.0950. The van der Waals surface area contributed by atoms with E-state index in [9.17, 15) is 4.79 Å². The maximum absolute atomic E-state index is 11.4. The van der Waals surface area contributed by atoms with Crippen molar-refractivity contribution in [2.24, 2.45) is 17.8 Å². The average molecular weight is 212 g/mol. The third kappa shape index (κ3) is 3.06. The summed E-state index contributed by atoms with van der Waals surface area (Å²) in [4.78, 5) is 11.4.